The van der Waals surface area contributed by atoms with E-state index in [1.807, 2.05) is 4.90 Å². The third-order valence-corrected chi connectivity index (χ3v) is 4.68. The Morgan fingerprint density at radius 3 is 2.26 bits per heavy atom. The number of nitrogens with zero attached hydrogens (tertiary/aromatic N) is 3. The van der Waals surface area contributed by atoms with E-state index in [0.717, 1.165) is 45.8 Å². The molecule has 0 unspecified atom stereocenters. The van der Waals surface area contributed by atoms with Gasteiger partial charge in [0.25, 0.3) is 0 Å². The molecule has 1 aliphatic rings. The minimum absolute atomic E-state index is 0.259. The van der Waals surface area contributed by atoms with Gasteiger partial charge in [0.2, 0.25) is 5.91 Å². The average molecular weight is 317 g/mol. The van der Waals surface area contributed by atoms with E-state index in [-0.39, 0.29) is 5.91 Å². The Labute approximate surface area is 141 Å². The van der Waals surface area contributed by atoms with Crippen molar-refractivity contribution in [3.8, 4) is 0 Å². The van der Waals surface area contributed by atoms with E-state index in [1.165, 1.54) is 16.7 Å². The highest BCUT2D eigenvalue weighted by molar-refractivity contribution is 5.79. The number of rotatable bonds is 7. The fourth-order valence-corrected chi connectivity index (χ4v) is 3.32. The van der Waals surface area contributed by atoms with Crippen LogP contribution in [0.1, 0.15) is 30.5 Å². The lowest BCUT2D eigenvalue weighted by Crippen LogP contribution is -2.51. The topological polar surface area (TPSA) is 26.8 Å². The van der Waals surface area contributed by atoms with Crippen molar-refractivity contribution in [2.45, 2.75) is 34.2 Å². The van der Waals surface area contributed by atoms with Crippen LogP contribution in [0.2, 0.25) is 0 Å². The van der Waals surface area contributed by atoms with Crippen LogP contribution in [0.4, 0.5) is 0 Å². The van der Waals surface area contributed by atoms with Gasteiger partial charge in [0.05, 0.1) is 6.54 Å². The molecule has 1 saturated heterocycles. The Bertz CT molecular complexity index is 505. The quantitative estimate of drug-likeness (QED) is 0.772. The monoisotopic (exact) mass is 317 g/mol. The highest BCUT2D eigenvalue weighted by Crippen LogP contribution is 2.13. The van der Waals surface area contributed by atoms with E-state index >= 15 is 0 Å². The van der Waals surface area contributed by atoms with Crippen LogP contribution in [0, 0.1) is 13.8 Å². The number of hydrogen-bond donors (Lipinski definition) is 0. The number of likely N-dealkylation sites (N-methyl/N-ethyl adjacent to an activating group) is 1. The predicted octanol–water partition coefficient (Wildman–Crippen LogP) is 2.29. The van der Waals surface area contributed by atoms with E-state index in [1.54, 1.807) is 0 Å². The molecule has 0 aromatic heterocycles. The van der Waals surface area contributed by atoms with Gasteiger partial charge in [-0.05, 0) is 32.5 Å². The molecule has 0 saturated carbocycles. The number of carbonyl (C=O) groups is 1. The zero-order chi connectivity index (χ0) is 16.8. The molecular formula is C19H31N3O. The smallest absolute Gasteiger partial charge is 0.237 e. The number of aryl methyl sites for hydroxylation is 2. The highest BCUT2D eigenvalue weighted by Gasteiger charge is 2.23. The van der Waals surface area contributed by atoms with E-state index < -0.39 is 0 Å². The lowest BCUT2D eigenvalue weighted by Gasteiger charge is -2.35. The first-order valence-electron chi connectivity index (χ1n) is 8.81. The van der Waals surface area contributed by atoms with Gasteiger partial charge in [-0.1, -0.05) is 43.2 Å². The van der Waals surface area contributed by atoms with Gasteiger partial charge in [-0.25, -0.2) is 0 Å². The van der Waals surface area contributed by atoms with Gasteiger partial charge in [-0.2, -0.15) is 0 Å². The molecule has 1 fully saturated rings. The molecule has 1 aliphatic heterocycles. The van der Waals surface area contributed by atoms with E-state index in [0.29, 0.717) is 6.54 Å². The minimum atomic E-state index is 0.259. The largest absolute Gasteiger partial charge is 0.336 e. The maximum Gasteiger partial charge on any atom is 0.237 e. The van der Waals surface area contributed by atoms with Crippen LogP contribution < -0.4 is 0 Å². The Kier molecular flexibility index (Phi) is 6.60. The van der Waals surface area contributed by atoms with Crippen molar-refractivity contribution >= 4 is 5.91 Å². The number of hydrogen-bond acceptors (Lipinski definition) is 3. The Morgan fingerprint density at radius 1 is 1.04 bits per heavy atom. The fraction of sp³-hybridized carbons (Fsp3) is 0.632. The van der Waals surface area contributed by atoms with Crippen molar-refractivity contribution in [2.75, 3.05) is 45.8 Å². The summed E-state index contributed by atoms with van der Waals surface area (Å²) in [6, 6.07) is 6.55. The summed E-state index contributed by atoms with van der Waals surface area (Å²) in [6.45, 7) is 15.9. The number of piperazine rings is 1. The molecule has 1 aromatic carbocycles. The molecule has 0 radical (unpaired) electrons. The normalized spacial score (nSPS) is 16.4. The molecule has 2 rings (SSSR count). The van der Waals surface area contributed by atoms with Gasteiger partial charge in [-0.15, -0.1) is 0 Å². The van der Waals surface area contributed by atoms with Crippen LogP contribution in [0.3, 0.4) is 0 Å². The first kappa shape index (κ1) is 18.0. The van der Waals surface area contributed by atoms with E-state index in [4.69, 9.17) is 0 Å². The highest BCUT2D eigenvalue weighted by atomic mass is 16.2. The third kappa shape index (κ3) is 5.33. The lowest BCUT2D eigenvalue weighted by atomic mass is 10.1. The molecule has 0 bridgehead atoms. The molecule has 23 heavy (non-hydrogen) atoms. The summed E-state index contributed by atoms with van der Waals surface area (Å²) in [7, 11) is 0. The summed E-state index contributed by atoms with van der Waals surface area (Å²) >= 11 is 0. The minimum Gasteiger partial charge on any atom is -0.336 e. The summed E-state index contributed by atoms with van der Waals surface area (Å²) < 4.78 is 0. The molecule has 0 spiro atoms. The molecule has 1 aromatic rings. The van der Waals surface area contributed by atoms with Crippen LogP contribution in [-0.4, -0.2) is 66.4 Å². The van der Waals surface area contributed by atoms with Crippen molar-refractivity contribution < 1.29 is 4.79 Å². The molecule has 0 atom stereocenters. The van der Waals surface area contributed by atoms with Crippen molar-refractivity contribution in [2.24, 2.45) is 0 Å². The maximum absolute atomic E-state index is 12.4. The van der Waals surface area contributed by atoms with E-state index in [2.05, 4.69) is 55.7 Å². The zero-order valence-electron chi connectivity index (χ0n) is 15.1. The van der Waals surface area contributed by atoms with Crippen molar-refractivity contribution in [1.82, 2.24) is 14.7 Å². The maximum atomic E-state index is 12.4. The molecule has 1 amide bonds. The van der Waals surface area contributed by atoms with Crippen LogP contribution >= 0.6 is 0 Å². The van der Waals surface area contributed by atoms with E-state index in [9.17, 15) is 4.79 Å². The molecule has 0 aliphatic carbocycles. The van der Waals surface area contributed by atoms with Gasteiger partial charge in [-0.3, -0.25) is 9.69 Å². The van der Waals surface area contributed by atoms with Gasteiger partial charge >= 0.3 is 0 Å². The Hall–Kier alpha value is -1.39. The predicted molar refractivity (Wildman–Crippen MR) is 95.6 cm³/mol. The molecule has 128 valence electrons. The third-order valence-electron chi connectivity index (χ3n) is 4.68. The zero-order valence-corrected chi connectivity index (χ0v) is 15.1. The number of amides is 1. The second kappa shape index (κ2) is 8.46. The summed E-state index contributed by atoms with van der Waals surface area (Å²) in [5, 5.41) is 0. The Morgan fingerprint density at radius 2 is 1.70 bits per heavy atom. The SMILES string of the molecule is CCN(CC)CCN1CCN(Cc2cc(C)cc(C)c2)C(=O)C1. The van der Waals surface area contributed by atoms with Crippen molar-refractivity contribution in [1.29, 1.82) is 0 Å². The number of benzene rings is 1. The summed E-state index contributed by atoms with van der Waals surface area (Å²) in [5.74, 6) is 0.259. The van der Waals surface area contributed by atoms with Gasteiger partial charge in [0.15, 0.2) is 0 Å². The summed E-state index contributed by atoms with van der Waals surface area (Å²) in [4.78, 5) is 19.1. The standard InChI is InChI=1S/C19H31N3O/c1-5-20(6-2)7-8-21-9-10-22(19(23)15-21)14-18-12-16(3)11-17(4)13-18/h11-13H,5-10,14-15H2,1-4H3. The number of carbonyl (C=O) groups excluding carboxylic acids is 1. The van der Waals surface area contributed by atoms with Crippen LogP contribution in [0.15, 0.2) is 18.2 Å². The summed E-state index contributed by atoms with van der Waals surface area (Å²) in [6.07, 6.45) is 0. The lowest BCUT2D eigenvalue weighted by molar-refractivity contribution is -0.136. The first-order valence-corrected chi connectivity index (χ1v) is 8.81. The average Bonchev–Trinajstić information content (AvgIpc) is 2.50. The van der Waals surface area contributed by atoms with Crippen LogP contribution in [0.5, 0.6) is 0 Å². The second-order valence-corrected chi connectivity index (χ2v) is 6.61. The van der Waals surface area contributed by atoms with Crippen molar-refractivity contribution in [3.63, 3.8) is 0 Å². The fourth-order valence-electron chi connectivity index (χ4n) is 3.32. The molecule has 0 N–H and O–H groups in total. The summed E-state index contributed by atoms with van der Waals surface area (Å²) in [5.41, 5.74) is 3.78. The molecule has 1 heterocycles. The van der Waals surface area contributed by atoms with Crippen LogP contribution in [-0.2, 0) is 11.3 Å². The first-order chi connectivity index (χ1) is 11.0. The Balaban J connectivity index is 1.85. The molecule has 4 heteroatoms. The van der Waals surface area contributed by atoms with Crippen LogP contribution in [0.25, 0.3) is 0 Å². The van der Waals surface area contributed by atoms with Gasteiger partial charge < -0.3 is 9.80 Å². The molecular weight excluding hydrogens is 286 g/mol. The second-order valence-electron chi connectivity index (χ2n) is 6.61. The van der Waals surface area contributed by atoms with Gasteiger partial charge in [0.1, 0.15) is 0 Å². The molecule has 4 nitrogen and oxygen atoms in total. The van der Waals surface area contributed by atoms with Gasteiger partial charge in [0, 0.05) is 32.7 Å². The van der Waals surface area contributed by atoms with Crippen molar-refractivity contribution in [3.05, 3.63) is 34.9 Å².